The Morgan fingerprint density at radius 1 is 0.909 bits per heavy atom. The Labute approximate surface area is 271 Å². The maximum Gasteiger partial charge on any atom is 2.00 e. The molecule has 3 aromatic carbocycles. The predicted molar refractivity (Wildman–Crippen MR) is 169 cm³/mol. The summed E-state index contributed by atoms with van der Waals surface area (Å²) in [6.07, 6.45) is 5.07. The fraction of sp³-hybridized carbons (Fsp3) is 0.243. The molecule has 0 saturated heterocycles. The van der Waals surface area contributed by atoms with Crippen molar-refractivity contribution < 1.29 is 30.2 Å². The van der Waals surface area contributed by atoms with Crippen LogP contribution in [0.4, 0.5) is 4.39 Å². The van der Waals surface area contributed by atoms with E-state index >= 15 is 0 Å². The summed E-state index contributed by atoms with van der Waals surface area (Å²) in [5.41, 5.74) is 7.42. The number of para-hydroxylation sites is 1. The van der Waals surface area contributed by atoms with E-state index in [1.54, 1.807) is 0 Å². The minimum atomic E-state index is -0.347. The standard InChI is InChI=1S/C37H33FN4O.Pt/c1-22-17-23(2)36(24(3)18-22)37-25(4)40-42(26(37)5)28-9-8-10-29(20-28)43-30-13-14-32-31-11-6-7-12-33(31)41(34(32)21-30)35-19-27(38)15-16-39-35;/h6-17,19,22,24,36H,18H2,1-5H3;/q-2;+2/t22-,24-,36?;/m0./s1. The molecule has 1 aliphatic carbocycles. The molecule has 0 spiro atoms. The summed E-state index contributed by atoms with van der Waals surface area (Å²) in [4.78, 5) is 4.45. The van der Waals surface area contributed by atoms with Gasteiger partial charge < -0.3 is 9.30 Å². The minimum absolute atomic E-state index is 0. The smallest absolute Gasteiger partial charge is 0.509 e. The van der Waals surface area contributed by atoms with Crippen molar-refractivity contribution in [3.05, 3.63) is 119 Å². The van der Waals surface area contributed by atoms with E-state index in [-0.39, 0.29) is 26.9 Å². The number of allylic oxidation sites excluding steroid dienone is 2. The van der Waals surface area contributed by atoms with Gasteiger partial charge in [-0.05, 0) is 62.2 Å². The first kappa shape index (κ1) is 30.0. The van der Waals surface area contributed by atoms with Crippen LogP contribution in [-0.4, -0.2) is 19.3 Å². The third kappa shape index (κ3) is 5.20. The molecule has 0 aliphatic heterocycles. The molecule has 3 aromatic heterocycles. The first-order valence-electron chi connectivity index (χ1n) is 14.8. The summed E-state index contributed by atoms with van der Waals surface area (Å²) in [6, 6.07) is 27.4. The normalized spacial score (nSPS) is 18.3. The van der Waals surface area contributed by atoms with E-state index in [0.717, 1.165) is 38.9 Å². The maximum atomic E-state index is 14.2. The van der Waals surface area contributed by atoms with Crippen LogP contribution in [-0.2, 0) is 21.1 Å². The first-order valence-corrected chi connectivity index (χ1v) is 14.8. The molecule has 1 aliphatic rings. The Morgan fingerprint density at radius 2 is 1.70 bits per heavy atom. The van der Waals surface area contributed by atoms with E-state index in [2.05, 4.69) is 57.8 Å². The summed E-state index contributed by atoms with van der Waals surface area (Å²) in [7, 11) is 0. The number of rotatable bonds is 5. The Morgan fingerprint density at radius 3 is 2.50 bits per heavy atom. The molecule has 6 aromatic rings. The average molecular weight is 764 g/mol. The number of hydrogen-bond donors (Lipinski definition) is 0. The Hall–Kier alpha value is -4.02. The van der Waals surface area contributed by atoms with Gasteiger partial charge in [-0.1, -0.05) is 49.2 Å². The van der Waals surface area contributed by atoms with Crippen LogP contribution < -0.4 is 4.74 Å². The number of fused-ring (bicyclic) bond motifs is 3. The molecular formula is C37H33FN4OPt. The molecule has 44 heavy (non-hydrogen) atoms. The van der Waals surface area contributed by atoms with Crippen molar-refractivity contribution in [1.82, 2.24) is 19.3 Å². The molecule has 224 valence electrons. The largest absolute Gasteiger partial charge is 2.00 e. The summed E-state index contributed by atoms with van der Waals surface area (Å²) in [6.45, 7) is 11.2. The van der Waals surface area contributed by atoms with Gasteiger partial charge in [0.05, 0.1) is 5.69 Å². The molecule has 3 atom stereocenters. The molecule has 0 N–H and O–H groups in total. The topological polar surface area (TPSA) is 44.9 Å². The van der Waals surface area contributed by atoms with Gasteiger partial charge in [-0.2, -0.15) is 17.2 Å². The number of hydrogen-bond acceptors (Lipinski definition) is 3. The van der Waals surface area contributed by atoms with Gasteiger partial charge in [0.25, 0.3) is 0 Å². The number of benzene rings is 3. The van der Waals surface area contributed by atoms with Gasteiger partial charge in [0.15, 0.2) is 0 Å². The molecule has 0 amide bonds. The number of halogens is 1. The molecule has 5 nitrogen and oxygen atoms in total. The van der Waals surface area contributed by atoms with Crippen molar-refractivity contribution >= 4 is 21.8 Å². The predicted octanol–water partition coefficient (Wildman–Crippen LogP) is 9.22. The van der Waals surface area contributed by atoms with E-state index in [9.17, 15) is 4.39 Å². The van der Waals surface area contributed by atoms with Crippen molar-refractivity contribution in [3.63, 3.8) is 0 Å². The van der Waals surface area contributed by atoms with Gasteiger partial charge in [-0.15, -0.1) is 35.7 Å². The molecule has 3 heterocycles. The van der Waals surface area contributed by atoms with E-state index in [1.807, 2.05) is 63.8 Å². The quantitative estimate of drug-likeness (QED) is 0.130. The van der Waals surface area contributed by atoms with Crippen LogP contribution in [0.3, 0.4) is 0 Å². The molecule has 7 rings (SSSR count). The molecule has 0 fully saturated rings. The summed E-state index contributed by atoms with van der Waals surface area (Å²) < 4.78 is 24.4. The Balaban J connectivity index is 0.00000343. The van der Waals surface area contributed by atoms with Gasteiger partial charge in [-0.3, -0.25) is 4.68 Å². The zero-order valence-corrected chi connectivity index (χ0v) is 27.6. The molecule has 0 radical (unpaired) electrons. The Bertz CT molecular complexity index is 2040. The van der Waals surface area contributed by atoms with E-state index in [0.29, 0.717) is 35.1 Å². The number of aromatic nitrogens is 4. The third-order valence-corrected chi connectivity index (χ3v) is 8.70. The summed E-state index contributed by atoms with van der Waals surface area (Å²) in [5.74, 6) is 2.75. The van der Waals surface area contributed by atoms with Gasteiger partial charge in [0.1, 0.15) is 11.6 Å². The van der Waals surface area contributed by atoms with Crippen LogP contribution >= 0.6 is 0 Å². The minimum Gasteiger partial charge on any atom is -0.509 e. The van der Waals surface area contributed by atoms with Gasteiger partial charge in [0.2, 0.25) is 0 Å². The molecule has 0 saturated carbocycles. The summed E-state index contributed by atoms with van der Waals surface area (Å²) in [5, 5.41) is 6.98. The van der Waals surface area contributed by atoms with E-state index < -0.39 is 0 Å². The molecule has 0 bridgehead atoms. The zero-order valence-electron chi connectivity index (χ0n) is 25.3. The fourth-order valence-electron chi connectivity index (χ4n) is 7.07. The summed E-state index contributed by atoms with van der Waals surface area (Å²) >= 11 is 0. The fourth-order valence-corrected chi connectivity index (χ4v) is 7.07. The SMILES string of the molecule is CC1=C[C@H](C)C[C@H](C)C1c1c(C)nn(-c2[c-]c(Oc3[c-]c4c(cc3)c3ccccc3n4-c3cc(F)ccn3)ccc2)c1C.[Pt+2]. The van der Waals surface area contributed by atoms with Crippen molar-refractivity contribution in [2.75, 3.05) is 0 Å². The number of pyridine rings is 1. The number of nitrogens with zero attached hydrogens (tertiary/aromatic N) is 4. The Kier molecular flexibility index (Phi) is 8.06. The molecule has 7 heteroatoms. The molecular weight excluding hydrogens is 731 g/mol. The second kappa shape index (κ2) is 11.8. The number of aryl methyl sites for hydroxylation is 1. The maximum absolute atomic E-state index is 14.2. The number of ether oxygens (including phenoxy) is 1. The third-order valence-electron chi connectivity index (χ3n) is 8.70. The van der Waals surface area contributed by atoms with Gasteiger partial charge >= 0.3 is 21.1 Å². The van der Waals surface area contributed by atoms with Crippen LogP contribution in [0.15, 0.2) is 84.6 Å². The van der Waals surface area contributed by atoms with Crippen molar-refractivity contribution in [1.29, 1.82) is 0 Å². The van der Waals surface area contributed by atoms with E-state index in [1.165, 1.54) is 35.9 Å². The average Bonchev–Trinajstić information content (AvgIpc) is 3.46. The van der Waals surface area contributed by atoms with Crippen molar-refractivity contribution in [2.45, 2.75) is 47.0 Å². The van der Waals surface area contributed by atoms with Crippen LogP contribution in [0.25, 0.3) is 33.3 Å². The monoisotopic (exact) mass is 763 g/mol. The van der Waals surface area contributed by atoms with Crippen LogP contribution in [0.1, 0.15) is 50.1 Å². The first-order chi connectivity index (χ1) is 20.8. The van der Waals surface area contributed by atoms with Gasteiger partial charge in [0, 0.05) is 46.5 Å². The van der Waals surface area contributed by atoms with E-state index in [4.69, 9.17) is 9.84 Å². The van der Waals surface area contributed by atoms with Crippen LogP contribution in [0.5, 0.6) is 11.5 Å². The molecule has 1 unspecified atom stereocenters. The van der Waals surface area contributed by atoms with Crippen LogP contribution in [0.2, 0.25) is 0 Å². The van der Waals surface area contributed by atoms with Crippen molar-refractivity contribution in [3.8, 4) is 23.0 Å². The van der Waals surface area contributed by atoms with Crippen LogP contribution in [0, 0.1) is 43.6 Å². The second-order valence-corrected chi connectivity index (χ2v) is 11.8. The van der Waals surface area contributed by atoms with Gasteiger partial charge in [-0.25, -0.2) is 9.37 Å². The second-order valence-electron chi connectivity index (χ2n) is 11.8. The zero-order chi connectivity index (χ0) is 29.8. The van der Waals surface area contributed by atoms with Crippen molar-refractivity contribution in [2.24, 2.45) is 11.8 Å².